The van der Waals surface area contributed by atoms with Gasteiger partial charge in [-0.2, -0.15) is 0 Å². The second-order valence-electron chi connectivity index (χ2n) is 5.62. The fourth-order valence-electron chi connectivity index (χ4n) is 2.76. The number of carbonyl (C=O) groups excluding carboxylic acids is 1. The Morgan fingerprint density at radius 3 is 2.48 bits per heavy atom. The first kappa shape index (κ1) is 17.2. The second-order valence-corrected chi connectivity index (χ2v) is 5.62. The molecule has 2 rings (SSSR count). The van der Waals surface area contributed by atoms with Crippen LogP contribution in [0.3, 0.4) is 0 Å². The SMILES string of the molecule is CCOC(=O)C[C@H](N)c1cc(-c2c(C)cccc2C)ccc1F. The summed E-state index contributed by atoms with van der Waals surface area (Å²) >= 11 is 0. The molecule has 0 saturated heterocycles. The van der Waals surface area contributed by atoms with E-state index in [2.05, 4.69) is 0 Å². The minimum Gasteiger partial charge on any atom is -0.466 e. The Balaban J connectivity index is 2.38. The standard InChI is InChI=1S/C19H22FNO2/c1-4-23-18(22)11-17(21)15-10-14(8-9-16(15)20)19-12(2)6-5-7-13(19)3/h5-10,17H,4,11,21H2,1-3H3/t17-/m0/s1. The predicted molar refractivity (Wildman–Crippen MR) is 89.5 cm³/mol. The number of halogens is 1. The zero-order valence-corrected chi connectivity index (χ0v) is 13.7. The number of hydrogen-bond donors (Lipinski definition) is 1. The third-order valence-electron chi connectivity index (χ3n) is 3.86. The first-order valence-electron chi connectivity index (χ1n) is 7.71. The van der Waals surface area contributed by atoms with Gasteiger partial charge in [0.05, 0.1) is 13.0 Å². The van der Waals surface area contributed by atoms with E-state index >= 15 is 0 Å². The van der Waals surface area contributed by atoms with Gasteiger partial charge in [0.2, 0.25) is 0 Å². The zero-order valence-electron chi connectivity index (χ0n) is 13.7. The van der Waals surface area contributed by atoms with Gasteiger partial charge in [-0.15, -0.1) is 0 Å². The van der Waals surface area contributed by atoms with Crippen molar-refractivity contribution in [2.24, 2.45) is 5.73 Å². The molecule has 0 spiro atoms. The van der Waals surface area contributed by atoms with Crippen molar-refractivity contribution in [2.45, 2.75) is 33.2 Å². The molecule has 0 aromatic heterocycles. The van der Waals surface area contributed by atoms with Crippen LogP contribution in [0.1, 0.15) is 36.1 Å². The van der Waals surface area contributed by atoms with Crippen LogP contribution in [0.25, 0.3) is 11.1 Å². The topological polar surface area (TPSA) is 52.3 Å². The van der Waals surface area contributed by atoms with Crippen LogP contribution >= 0.6 is 0 Å². The van der Waals surface area contributed by atoms with Gasteiger partial charge >= 0.3 is 5.97 Å². The van der Waals surface area contributed by atoms with Crippen LogP contribution in [0.4, 0.5) is 4.39 Å². The summed E-state index contributed by atoms with van der Waals surface area (Å²) in [5.74, 6) is -0.825. The van der Waals surface area contributed by atoms with E-state index in [-0.39, 0.29) is 13.0 Å². The number of nitrogens with two attached hydrogens (primary N) is 1. The minimum atomic E-state index is -0.724. The van der Waals surface area contributed by atoms with Crippen molar-refractivity contribution >= 4 is 5.97 Å². The molecule has 4 heteroatoms. The van der Waals surface area contributed by atoms with Gasteiger partial charge in [-0.3, -0.25) is 4.79 Å². The maximum absolute atomic E-state index is 14.1. The first-order valence-corrected chi connectivity index (χ1v) is 7.71. The lowest BCUT2D eigenvalue weighted by Crippen LogP contribution is -2.18. The van der Waals surface area contributed by atoms with Crippen molar-refractivity contribution in [3.05, 3.63) is 58.9 Å². The molecule has 0 amide bonds. The molecule has 0 radical (unpaired) electrons. The second kappa shape index (κ2) is 7.38. The highest BCUT2D eigenvalue weighted by molar-refractivity contribution is 5.73. The van der Waals surface area contributed by atoms with E-state index in [1.807, 2.05) is 32.0 Å². The van der Waals surface area contributed by atoms with Gasteiger partial charge in [0.25, 0.3) is 0 Å². The maximum Gasteiger partial charge on any atom is 0.307 e. The number of carbonyl (C=O) groups is 1. The lowest BCUT2D eigenvalue weighted by molar-refractivity contribution is -0.143. The van der Waals surface area contributed by atoms with Gasteiger partial charge in [0.1, 0.15) is 5.82 Å². The Labute approximate surface area is 136 Å². The molecule has 0 heterocycles. The zero-order chi connectivity index (χ0) is 17.0. The van der Waals surface area contributed by atoms with Crippen LogP contribution in [0.15, 0.2) is 36.4 Å². The smallest absolute Gasteiger partial charge is 0.307 e. The summed E-state index contributed by atoms with van der Waals surface area (Å²) in [5, 5.41) is 0. The van der Waals surface area contributed by atoms with Crippen LogP contribution in [-0.2, 0) is 9.53 Å². The molecule has 0 saturated carbocycles. The fourth-order valence-corrected chi connectivity index (χ4v) is 2.76. The van der Waals surface area contributed by atoms with Crippen molar-refractivity contribution in [3.63, 3.8) is 0 Å². The summed E-state index contributed by atoms with van der Waals surface area (Å²) in [7, 11) is 0. The van der Waals surface area contributed by atoms with Gasteiger partial charge in [-0.1, -0.05) is 24.3 Å². The Hall–Kier alpha value is -2.20. The molecule has 2 aromatic carbocycles. The molecule has 0 aliphatic carbocycles. The van der Waals surface area contributed by atoms with Crippen molar-refractivity contribution in [2.75, 3.05) is 6.61 Å². The summed E-state index contributed by atoms with van der Waals surface area (Å²) < 4.78 is 19.0. The largest absolute Gasteiger partial charge is 0.466 e. The van der Waals surface area contributed by atoms with E-state index in [0.717, 1.165) is 22.3 Å². The highest BCUT2D eigenvalue weighted by atomic mass is 19.1. The molecule has 122 valence electrons. The van der Waals surface area contributed by atoms with E-state index in [9.17, 15) is 9.18 Å². The van der Waals surface area contributed by atoms with Crippen LogP contribution in [0, 0.1) is 19.7 Å². The average Bonchev–Trinajstić information content (AvgIpc) is 2.48. The Morgan fingerprint density at radius 1 is 1.22 bits per heavy atom. The van der Waals surface area contributed by atoms with Crippen molar-refractivity contribution < 1.29 is 13.9 Å². The van der Waals surface area contributed by atoms with Crippen LogP contribution in [0.2, 0.25) is 0 Å². The molecule has 0 unspecified atom stereocenters. The molecule has 2 aromatic rings. The molecule has 0 bridgehead atoms. The van der Waals surface area contributed by atoms with Crippen molar-refractivity contribution in [1.82, 2.24) is 0 Å². The first-order chi connectivity index (χ1) is 10.9. The van der Waals surface area contributed by atoms with Crippen molar-refractivity contribution in [3.8, 4) is 11.1 Å². The summed E-state index contributed by atoms with van der Waals surface area (Å²) in [5.41, 5.74) is 10.5. The lowest BCUT2D eigenvalue weighted by Gasteiger charge is -2.16. The molecular formula is C19H22FNO2. The Morgan fingerprint density at radius 2 is 1.87 bits per heavy atom. The van der Waals surface area contributed by atoms with Gasteiger partial charge in [-0.25, -0.2) is 4.39 Å². The van der Waals surface area contributed by atoms with E-state index in [1.165, 1.54) is 6.07 Å². The van der Waals surface area contributed by atoms with Gasteiger partial charge in [0, 0.05) is 11.6 Å². The predicted octanol–water partition coefficient (Wildman–Crippen LogP) is 4.06. The third kappa shape index (κ3) is 3.96. The third-order valence-corrected chi connectivity index (χ3v) is 3.86. The lowest BCUT2D eigenvalue weighted by atomic mass is 9.92. The Bertz CT molecular complexity index is 692. The van der Waals surface area contributed by atoms with Crippen molar-refractivity contribution in [1.29, 1.82) is 0 Å². The van der Waals surface area contributed by atoms with Gasteiger partial charge in [-0.05, 0) is 55.2 Å². The number of ether oxygens (including phenoxy) is 1. The fraction of sp³-hybridized carbons (Fsp3) is 0.316. The number of rotatable bonds is 5. The Kier molecular flexibility index (Phi) is 5.50. The maximum atomic E-state index is 14.1. The van der Waals surface area contributed by atoms with E-state index in [0.29, 0.717) is 5.56 Å². The quantitative estimate of drug-likeness (QED) is 0.846. The van der Waals surface area contributed by atoms with Gasteiger partial charge in [0.15, 0.2) is 0 Å². The van der Waals surface area contributed by atoms with Crippen LogP contribution < -0.4 is 5.73 Å². The highest BCUT2D eigenvalue weighted by Crippen LogP contribution is 2.30. The summed E-state index contributed by atoms with van der Waals surface area (Å²) in [6.07, 6.45) is -0.0407. The molecule has 3 nitrogen and oxygen atoms in total. The molecule has 0 aliphatic rings. The molecule has 2 N–H and O–H groups in total. The summed E-state index contributed by atoms with van der Waals surface area (Å²) in [4.78, 5) is 11.6. The van der Waals surface area contributed by atoms with E-state index in [4.69, 9.17) is 10.5 Å². The monoisotopic (exact) mass is 315 g/mol. The minimum absolute atomic E-state index is 0.0407. The van der Waals surface area contributed by atoms with E-state index < -0.39 is 17.8 Å². The molecule has 23 heavy (non-hydrogen) atoms. The number of aryl methyl sites for hydroxylation is 2. The van der Waals surface area contributed by atoms with Crippen LogP contribution in [-0.4, -0.2) is 12.6 Å². The average molecular weight is 315 g/mol. The van der Waals surface area contributed by atoms with Crippen LogP contribution in [0.5, 0.6) is 0 Å². The summed E-state index contributed by atoms with van der Waals surface area (Å²) in [6, 6.07) is 10.2. The number of esters is 1. The molecule has 0 fully saturated rings. The normalized spacial score (nSPS) is 12.0. The highest BCUT2D eigenvalue weighted by Gasteiger charge is 2.18. The molecular weight excluding hydrogens is 293 g/mol. The van der Waals surface area contributed by atoms with E-state index in [1.54, 1.807) is 19.1 Å². The molecule has 1 atom stereocenters. The number of hydrogen-bond acceptors (Lipinski definition) is 3. The van der Waals surface area contributed by atoms with Gasteiger partial charge < -0.3 is 10.5 Å². The molecule has 0 aliphatic heterocycles. The number of benzene rings is 2. The summed E-state index contributed by atoms with van der Waals surface area (Å²) in [6.45, 7) is 6.05.